The Balaban J connectivity index is 2.26. The van der Waals surface area contributed by atoms with E-state index < -0.39 is 5.97 Å². The van der Waals surface area contributed by atoms with E-state index in [2.05, 4.69) is 4.99 Å². The molecule has 0 atom stereocenters. The Morgan fingerprint density at radius 2 is 2.09 bits per heavy atom. The van der Waals surface area contributed by atoms with Gasteiger partial charge in [-0.05, 0) is 18.6 Å². The van der Waals surface area contributed by atoms with E-state index in [0.717, 1.165) is 5.56 Å². The van der Waals surface area contributed by atoms with Crippen molar-refractivity contribution in [3.05, 3.63) is 42.0 Å². The number of esters is 1. The molecule has 0 saturated carbocycles. The zero-order chi connectivity index (χ0) is 15.7. The molecule has 22 heavy (non-hydrogen) atoms. The summed E-state index contributed by atoms with van der Waals surface area (Å²) < 4.78 is 6.52. The summed E-state index contributed by atoms with van der Waals surface area (Å²) in [5, 5.41) is 0. The number of carbonyl (C=O) groups excluding carboxylic acids is 2. The number of benzene rings is 1. The maximum Gasteiger partial charge on any atom is 0.340 e. The van der Waals surface area contributed by atoms with Crippen molar-refractivity contribution in [2.45, 2.75) is 13.3 Å². The number of rotatable bonds is 3. The maximum absolute atomic E-state index is 12.3. The van der Waals surface area contributed by atoms with Gasteiger partial charge in [-0.3, -0.25) is 9.36 Å². The van der Waals surface area contributed by atoms with Crippen LogP contribution >= 0.6 is 0 Å². The predicted molar refractivity (Wildman–Crippen MR) is 82.4 cm³/mol. The molecule has 2 N–H and O–H groups in total. The maximum atomic E-state index is 12.3. The standard InChI is InChI=1S/C16H15N3O3/c1-2-22-16(21)11-8-13-18-12(17)9-14(20)19(13)15(11)10-6-4-3-5-7-10/h3-8H,2,9H2,1H3,(H2,17,18). The second-order valence-electron chi connectivity index (χ2n) is 4.86. The van der Waals surface area contributed by atoms with Gasteiger partial charge in [0.1, 0.15) is 11.7 Å². The SMILES string of the molecule is CCOC(=O)c1cc2n(c1-c1ccccc1)C(=O)CC(N)=N2. The molecule has 0 radical (unpaired) electrons. The number of aliphatic imine (C=N–C) groups is 1. The lowest BCUT2D eigenvalue weighted by molar-refractivity contribution is 0.0527. The molecule has 1 aromatic heterocycles. The fourth-order valence-corrected chi connectivity index (χ4v) is 2.50. The van der Waals surface area contributed by atoms with Crippen molar-refractivity contribution >= 4 is 23.5 Å². The summed E-state index contributed by atoms with van der Waals surface area (Å²) in [6, 6.07) is 10.8. The minimum atomic E-state index is -0.482. The number of amidine groups is 1. The molecule has 0 fully saturated rings. The second-order valence-corrected chi connectivity index (χ2v) is 4.86. The van der Waals surface area contributed by atoms with E-state index in [0.29, 0.717) is 17.1 Å². The summed E-state index contributed by atoms with van der Waals surface area (Å²) >= 11 is 0. The van der Waals surface area contributed by atoms with Gasteiger partial charge in [-0.1, -0.05) is 30.3 Å². The summed E-state index contributed by atoms with van der Waals surface area (Å²) in [6.07, 6.45) is 0.0315. The quantitative estimate of drug-likeness (QED) is 0.881. The minimum Gasteiger partial charge on any atom is -0.462 e. The van der Waals surface area contributed by atoms with Gasteiger partial charge in [0.25, 0.3) is 0 Å². The van der Waals surface area contributed by atoms with Crippen LogP contribution in [0.25, 0.3) is 11.3 Å². The number of nitrogens with two attached hydrogens (primary N) is 1. The summed E-state index contributed by atoms with van der Waals surface area (Å²) in [5.74, 6) is -0.0950. The van der Waals surface area contributed by atoms with Crippen LogP contribution in [0.5, 0.6) is 0 Å². The molecule has 0 amide bonds. The molecule has 0 unspecified atom stereocenters. The van der Waals surface area contributed by atoms with E-state index in [1.165, 1.54) is 4.57 Å². The smallest absolute Gasteiger partial charge is 0.340 e. The van der Waals surface area contributed by atoms with Crippen molar-refractivity contribution < 1.29 is 14.3 Å². The molecule has 0 saturated heterocycles. The largest absolute Gasteiger partial charge is 0.462 e. The third-order valence-electron chi connectivity index (χ3n) is 3.36. The van der Waals surface area contributed by atoms with E-state index in [9.17, 15) is 9.59 Å². The van der Waals surface area contributed by atoms with Gasteiger partial charge in [-0.25, -0.2) is 9.79 Å². The molecule has 6 nitrogen and oxygen atoms in total. The summed E-state index contributed by atoms with van der Waals surface area (Å²) in [4.78, 5) is 28.7. The average Bonchev–Trinajstić information content (AvgIpc) is 2.88. The van der Waals surface area contributed by atoms with Gasteiger partial charge < -0.3 is 10.5 Å². The van der Waals surface area contributed by atoms with Gasteiger partial charge in [0.2, 0.25) is 5.91 Å². The van der Waals surface area contributed by atoms with Gasteiger partial charge in [0, 0.05) is 0 Å². The second kappa shape index (κ2) is 5.48. The Hall–Kier alpha value is -2.89. The zero-order valence-electron chi connectivity index (χ0n) is 12.1. The molecule has 1 aliphatic heterocycles. The van der Waals surface area contributed by atoms with Crippen molar-refractivity contribution in [2.24, 2.45) is 10.7 Å². The first-order chi connectivity index (χ1) is 10.6. The molecule has 0 bridgehead atoms. The van der Waals surface area contributed by atoms with Gasteiger partial charge in [0.05, 0.1) is 24.3 Å². The van der Waals surface area contributed by atoms with Crippen molar-refractivity contribution in [2.75, 3.05) is 6.61 Å². The first-order valence-corrected chi connectivity index (χ1v) is 6.96. The highest BCUT2D eigenvalue weighted by Crippen LogP contribution is 2.34. The molecule has 6 heteroatoms. The Morgan fingerprint density at radius 1 is 1.36 bits per heavy atom. The van der Waals surface area contributed by atoms with Gasteiger partial charge in [-0.15, -0.1) is 0 Å². The highest BCUT2D eigenvalue weighted by Gasteiger charge is 2.28. The third-order valence-corrected chi connectivity index (χ3v) is 3.36. The molecule has 3 rings (SSSR count). The van der Waals surface area contributed by atoms with Crippen LogP contribution in [0.1, 0.15) is 28.5 Å². The number of hydrogen-bond acceptors (Lipinski definition) is 5. The van der Waals surface area contributed by atoms with Crippen molar-refractivity contribution in [1.82, 2.24) is 4.57 Å². The Bertz CT molecular complexity index is 775. The first kappa shape index (κ1) is 14.1. The van der Waals surface area contributed by atoms with E-state index >= 15 is 0 Å². The van der Waals surface area contributed by atoms with Crippen LogP contribution in [0.3, 0.4) is 0 Å². The lowest BCUT2D eigenvalue weighted by atomic mass is 10.1. The molecule has 1 aromatic carbocycles. The van der Waals surface area contributed by atoms with Gasteiger partial charge in [0.15, 0.2) is 0 Å². The van der Waals surface area contributed by atoms with E-state index in [1.54, 1.807) is 13.0 Å². The predicted octanol–water partition coefficient (Wildman–Crippen LogP) is 2.36. The molecule has 0 spiro atoms. The normalized spacial score (nSPS) is 13.5. The summed E-state index contributed by atoms with van der Waals surface area (Å²) in [5.41, 5.74) is 7.23. The highest BCUT2D eigenvalue weighted by atomic mass is 16.5. The van der Waals surface area contributed by atoms with Crippen LogP contribution in [0.4, 0.5) is 5.82 Å². The average molecular weight is 297 g/mol. The van der Waals surface area contributed by atoms with Gasteiger partial charge in [-0.2, -0.15) is 0 Å². The van der Waals surface area contributed by atoms with Crippen molar-refractivity contribution in [1.29, 1.82) is 0 Å². The van der Waals surface area contributed by atoms with E-state index in [4.69, 9.17) is 10.5 Å². The van der Waals surface area contributed by atoms with Crippen molar-refractivity contribution in [3.63, 3.8) is 0 Å². The highest BCUT2D eigenvalue weighted by molar-refractivity contribution is 6.09. The van der Waals surface area contributed by atoms with E-state index in [1.807, 2.05) is 30.3 Å². The number of fused-ring (bicyclic) bond motifs is 1. The Kier molecular flexibility index (Phi) is 3.50. The molecular formula is C16H15N3O3. The van der Waals surface area contributed by atoms with Crippen LogP contribution in [-0.2, 0) is 4.74 Å². The fourth-order valence-electron chi connectivity index (χ4n) is 2.50. The van der Waals surface area contributed by atoms with Crippen LogP contribution in [0.15, 0.2) is 41.4 Å². The first-order valence-electron chi connectivity index (χ1n) is 6.96. The zero-order valence-corrected chi connectivity index (χ0v) is 12.1. The topological polar surface area (TPSA) is 86.7 Å². The monoisotopic (exact) mass is 297 g/mol. The number of hydrogen-bond donors (Lipinski definition) is 1. The lowest BCUT2D eigenvalue weighted by Gasteiger charge is -2.15. The minimum absolute atomic E-state index is 0.0315. The summed E-state index contributed by atoms with van der Waals surface area (Å²) in [7, 11) is 0. The van der Waals surface area contributed by atoms with Crippen LogP contribution in [-0.4, -0.2) is 28.9 Å². The van der Waals surface area contributed by atoms with Crippen LogP contribution in [0, 0.1) is 0 Å². The number of ether oxygens (including phenoxy) is 1. The third kappa shape index (κ3) is 2.28. The number of nitrogens with zero attached hydrogens (tertiary/aromatic N) is 2. The number of aromatic nitrogens is 1. The molecule has 2 heterocycles. The fraction of sp³-hybridized carbons (Fsp3) is 0.188. The Labute approximate surface area is 127 Å². The molecule has 112 valence electrons. The Morgan fingerprint density at radius 3 is 2.77 bits per heavy atom. The van der Waals surface area contributed by atoms with Crippen LogP contribution in [0.2, 0.25) is 0 Å². The lowest BCUT2D eigenvalue weighted by Crippen LogP contribution is -2.25. The molecular weight excluding hydrogens is 282 g/mol. The summed E-state index contributed by atoms with van der Waals surface area (Å²) in [6.45, 7) is 1.99. The molecule has 2 aromatic rings. The van der Waals surface area contributed by atoms with E-state index in [-0.39, 0.29) is 24.8 Å². The molecule has 0 aliphatic carbocycles. The van der Waals surface area contributed by atoms with Crippen LogP contribution < -0.4 is 5.73 Å². The number of carbonyl (C=O) groups is 2. The van der Waals surface area contributed by atoms with Gasteiger partial charge >= 0.3 is 5.97 Å². The molecule has 1 aliphatic rings. The van der Waals surface area contributed by atoms with Crippen molar-refractivity contribution in [3.8, 4) is 11.3 Å².